The number of nitrogens with zero attached hydrogens (tertiary/aromatic N) is 6. The van der Waals surface area contributed by atoms with Crippen LogP contribution in [0.2, 0.25) is 0 Å². The van der Waals surface area contributed by atoms with Crippen molar-refractivity contribution < 1.29 is 14.4 Å². The number of carbonyl (C=O) groups excluding carboxylic acids is 1. The Morgan fingerprint density at radius 2 is 2.36 bits per heavy atom. The van der Waals surface area contributed by atoms with Crippen molar-refractivity contribution in [2.24, 2.45) is 10.3 Å². The van der Waals surface area contributed by atoms with Gasteiger partial charge in [0.25, 0.3) is 5.91 Å². The molecular weight excluding hydrogens is 328 g/mol. The van der Waals surface area contributed by atoms with Crippen LogP contribution in [0.4, 0.5) is 5.82 Å². The Bertz CT molecular complexity index is 734. The molecule has 0 bridgehead atoms. The number of ether oxygens (including phenoxy) is 1. The van der Waals surface area contributed by atoms with Crippen molar-refractivity contribution in [2.45, 2.75) is 58.3 Å². The average molecular weight is 348 g/mol. The summed E-state index contributed by atoms with van der Waals surface area (Å²) in [6, 6.07) is 0. The molecule has 3 rings (SSSR count). The Labute approximate surface area is 144 Å². The van der Waals surface area contributed by atoms with E-state index in [4.69, 9.17) is 15.1 Å². The van der Waals surface area contributed by atoms with Crippen molar-refractivity contribution in [3.63, 3.8) is 0 Å². The van der Waals surface area contributed by atoms with E-state index in [1.54, 1.807) is 4.57 Å². The first kappa shape index (κ1) is 17.1. The summed E-state index contributed by atoms with van der Waals surface area (Å²) in [7, 11) is 0. The van der Waals surface area contributed by atoms with Crippen LogP contribution >= 0.6 is 0 Å². The molecule has 0 aromatic carbocycles. The lowest BCUT2D eigenvalue weighted by atomic mass is 10.1. The monoisotopic (exact) mass is 348 g/mol. The van der Waals surface area contributed by atoms with Gasteiger partial charge in [-0.2, -0.15) is 0 Å². The normalized spacial score (nSPS) is 27.6. The maximum absolute atomic E-state index is 12.1. The minimum Gasteiger partial charge on any atom is -0.390 e. The van der Waals surface area contributed by atoms with Gasteiger partial charge in [0.2, 0.25) is 0 Å². The van der Waals surface area contributed by atoms with E-state index in [0.717, 1.165) is 12.1 Å². The number of rotatable bonds is 5. The summed E-state index contributed by atoms with van der Waals surface area (Å²) in [5.41, 5.74) is 9.64. The maximum Gasteiger partial charge on any atom is 0.275 e. The lowest BCUT2D eigenvalue weighted by molar-refractivity contribution is -0.0379. The summed E-state index contributed by atoms with van der Waals surface area (Å²) >= 11 is 0. The van der Waals surface area contributed by atoms with E-state index in [9.17, 15) is 4.79 Å². The zero-order valence-corrected chi connectivity index (χ0v) is 14.2. The fourth-order valence-electron chi connectivity index (χ4n) is 2.87. The van der Waals surface area contributed by atoms with E-state index in [2.05, 4.69) is 30.8 Å². The summed E-state index contributed by atoms with van der Waals surface area (Å²) in [4.78, 5) is 24.5. The highest BCUT2D eigenvalue weighted by molar-refractivity contribution is 5.99. The predicted octanol–water partition coefficient (Wildman–Crippen LogP) is 2.11. The third kappa shape index (κ3) is 3.37. The molecule has 2 aliphatic rings. The smallest absolute Gasteiger partial charge is 0.275 e. The molecule has 1 aromatic heterocycles. The van der Waals surface area contributed by atoms with Crippen LogP contribution in [-0.2, 0) is 9.57 Å². The number of hydrogen-bond donors (Lipinski definition) is 2. The molecule has 1 saturated heterocycles. The standard InChI is InChI=1S/C14H20N8O3/c1-4-8-9(25-20-7(2)3)5-10(24-8)22-6-16-11-12(22)17-14(19-21-15)18-13(11)23/h6,8-10,14,17H,4-5H2,1-3H3,(H,18,23)/t8-,9-,10-,14?/m1/s1. The summed E-state index contributed by atoms with van der Waals surface area (Å²) in [6.45, 7) is 5.73. The van der Waals surface area contributed by atoms with Gasteiger partial charge in [0.1, 0.15) is 12.0 Å². The van der Waals surface area contributed by atoms with Gasteiger partial charge < -0.3 is 20.2 Å². The van der Waals surface area contributed by atoms with Crippen LogP contribution in [0.3, 0.4) is 0 Å². The van der Waals surface area contributed by atoms with Crippen molar-refractivity contribution in [2.75, 3.05) is 5.32 Å². The van der Waals surface area contributed by atoms with Gasteiger partial charge in [0.15, 0.2) is 18.1 Å². The Morgan fingerprint density at radius 1 is 1.56 bits per heavy atom. The van der Waals surface area contributed by atoms with E-state index in [1.165, 1.54) is 6.33 Å². The molecule has 1 fully saturated rings. The molecule has 0 radical (unpaired) electrons. The van der Waals surface area contributed by atoms with Gasteiger partial charge in [-0.3, -0.25) is 9.36 Å². The van der Waals surface area contributed by atoms with Gasteiger partial charge in [-0.05, 0) is 30.9 Å². The van der Waals surface area contributed by atoms with Gasteiger partial charge in [-0.15, -0.1) is 0 Å². The quantitative estimate of drug-likeness (QED) is 0.276. The summed E-state index contributed by atoms with van der Waals surface area (Å²) in [6.07, 6.45) is 1.33. The second kappa shape index (κ2) is 6.99. The summed E-state index contributed by atoms with van der Waals surface area (Å²) in [5.74, 6) is 0.0470. The largest absolute Gasteiger partial charge is 0.390 e. The highest BCUT2D eigenvalue weighted by Crippen LogP contribution is 2.36. The van der Waals surface area contributed by atoms with Crippen LogP contribution < -0.4 is 10.6 Å². The zero-order chi connectivity index (χ0) is 18.0. The number of nitrogens with one attached hydrogen (secondary N) is 2. The summed E-state index contributed by atoms with van der Waals surface area (Å²) in [5, 5.41) is 13.0. The topological polar surface area (TPSA) is 139 Å². The molecule has 25 heavy (non-hydrogen) atoms. The first-order valence-electron chi connectivity index (χ1n) is 8.04. The van der Waals surface area contributed by atoms with Gasteiger partial charge >= 0.3 is 0 Å². The molecule has 1 aromatic rings. The molecule has 11 nitrogen and oxygen atoms in total. The minimum absolute atomic E-state index is 0.114. The fourth-order valence-corrected chi connectivity index (χ4v) is 2.87. The van der Waals surface area contributed by atoms with E-state index in [1.807, 2.05) is 20.8 Å². The van der Waals surface area contributed by atoms with Gasteiger partial charge in [-0.1, -0.05) is 12.1 Å². The molecular formula is C14H20N8O3. The molecule has 0 saturated carbocycles. The van der Waals surface area contributed by atoms with Crippen LogP contribution in [0.5, 0.6) is 0 Å². The van der Waals surface area contributed by atoms with Crippen molar-refractivity contribution in [1.29, 1.82) is 0 Å². The van der Waals surface area contributed by atoms with Crippen molar-refractivity contribution in [1.82, 2.24) is 14.9 Å². The lowest BCUT2D eigenvalue weighted by Gasteiger charge is -2.24. The highest BCUT2D eigenvalue weighted by atomic mass is 16.7. The number of oxime groups is 1. The number of anilines is 1. The van der Waals surface area contributed by atoms with Gasteiger partial charge in [-0.25, -0.2) is 4.98 Å². The van der Waals surface area contributed by atoms with Crippen LogP contribution in [0.25, 0.3) is 10.4 Å². The van der Waals surface area contributed by atoms with Gasteiger partial charge in [0.05, 0.1) is 18.1 Å². The third-order valence-corrected chi connectivity index (χ3v) is 3.98. The third-order valence-electron chi connectivity index (χ3n) is 3.98. The number of hydrogen-bond acceptors (Lipinski definition) is 7. The number of amides is 1. The molecule has 1 amide bonds. The van der Waals surface area contributed by atoms with E-state index in [0.29, 0.717) is 12.2 Å². The van der Waals surface area contributed by atoms with Crippen molar-refractivity contribution in [3.8, 4) is 0 Å². The second-order valence-electron chi connectivity index (χ2n) is 6.03. The molecule has 134 valence electrons. The van der Waals surface area contributed by atoms with Gasteiger partial charge in [0, 0.05) is 11.3 Å². The highest BCUT2D eigenvalue weighted by Gasteiger charge is 2.39. The molecule has 11 heteroatoms. The first-order valence-corrected chi connectivity index (χ1v) is 8.04. The Morgan fingerprint density at radius 3 is 3.04 bits per heavy atom. The molecule has 0 spiro atoms. The maximum atomic E-state index is 12.1. The van der Waals surface area contributed by atoms with Crippen molar-refractivity contribution >= 4 is 17.4 Å². The van der Waals surface area contributed by atoms with E-state index < -0.39 is 12.2 Å². The number of azide groups is 1. The molecule has 4 atom stereocenters. The SMILES string of the molecule is CC[C@H]1O[C@@H](n2cnc3c2NC(N=[N+]=[N-])NC3=O)C[C@H]1ON=C(C)C. The number of carbonyl (C=O) groups is 1. The Hall–Kier alpha value is -2.78. The van der Waals surface area contributed by atoms with Crippen molar-refractivity contribution in [3.05, 3.63) is 22.5 Å². The molecule has 2 aliphatic heterocycles. The Balaban J connectivity index is 1.83. The second-order valence-corrected chi connectivity index (χ2v) is 6.03. The van der Waals surface area contributed by atoms with Crippen LogP contribution in [0.1, 0.15) is 50.3 Å². The molecule has 1 unspecified atom stereocenters. The fraction of sp³-hybridized carbons (Fsp3) is 0.643. The number of fused-ring (bicyclic) bond motifs is 1. The number of aromatic nitrogens is 2. The minimum atomic E-state index is -0.872. The van der Waals surface area contributed by atoms with Crippen LogP contribution in [-0.4, -0.2) is 39.7 Å². The van der Waals surface area contributed by atoms with Crippen LogP contribution in [0.15, 0.2) is 16.6 Å². The number of imidazole rings is 1. The lowest BCUT2D eigenvalue weighted by Crippen LogP contribution is -2.44. The average Bonchev–Trinajstić information content (AvgIpc) is 3.16. The van der Waals surface area contributed by atoms with E-state index >= 15 is 0 Å². The van der Waals surface area contributed by atoms with Crippen LogP contribution in [0, 0.1) is 0 Å². The van der Waals surface area contributed by atoms with E-state index in [-0.39, 0.29) is 24.1 Å². The predicted molar refractivity (Wildman–Crippen MR) is 88.7 cm³/mol. The summed E-state index contributed by atoms with van der Waals surface area (Å²) < 4.78 is 7.77. The molecule has 0 aliphatic carbocycles. The molecule has 2 N–H and O–H groups in total. The molecule has 3 heterocycles. The zero-order valence-electron chi connectivity index (χ0n) is 14.2. The Kier molecular flexibility index (Phi) is 4.77. The first-order chi connectivity index (χ1) is 12.0.